The van der Waals surface area contributed by atoms with Gasteiger partial charge in [0.1, 0.15) is 0 Å². The minimum atomic E-state index is 0.602. The van der Waals surface area contributed by atoms with Gasteiger partial charge in [-0.1, -0.05) is 0 Å². The lowest BCUT2D eigenvalue weighted by Gasteiger charge is -2.02. The van der Waals surface area contributed by atoms with Crippen molar-refractivity contribution in [2.24, 2.45) is 0 Å². The van der Waals surface area contributed by atoms with Crippen LogP contribution in [0, 0.1) is 0 Å². The van der Waals surface area contributed by atoms with Gasteiger partial charge < -0.3 is 4.74 Å². The monoisotopic (exact) mass is 238 g/mol. The molecule has 0 bridgehead atoms. The Labute approximate surface area is 83.9 Å². The minimum absolute atomic E-state index is 0.602. The molecule has 0 amide bonds. The van der Waals surface area contributed by atoms with Crippen LogP contribution in [-0.4, -0.2) is 17.1 Å². The van der Waals surface area contributed by atoms with E-state index < -0.39 is 0 Å². The fourth-order valence-electron chi connectivity index (χ4n) is 1.11. The summed E-state index contributed by atoms with van der Waals surface area (Å²) in [6.45, 7) is 0. The second-order valence-corrected chi connectivity index (χ2v) is 3.39. The molecule has 2 rings (SSSR count). The van der Waals surface area contributed by atoms with E-state index in [0.29, 0.717) is 5.88 Å². The van der Waals surface area contributed by atoms with Crippen LogP contribution < -0.4 is 4.74 Å². The number of aromatic nitrogens is 2. The third-order valence-corrected chi connectivity index (χ3v) is 2.40. The fraction of sp³-hybridized carbons (Fsp3) is 0.111. The van der Waals surface area contributed by atoms with Crippen molar-refractivity contribution < 1.29 is 4.74 Å². The van der Waals surface area contributed by atoms with Crippen molar-refractivity contribution in [2.45, 2.75) is 0 Å². The van der Waals surface area contributed by atoms with E-state index in [9.17, 15) is 0 Å². The van der Waals surface area contributed by atoms with Gasteiger partial charge in [-0.2, -0.15) is 0 Å². The maximum Gasteiger partial charge on any atom is 0.214 e. The molecule has 66 valence electrons. The Morgan fingerprint density at radius 2 is 2.31 bits per heavy atom. The number of ether oxygens (including phenoxy) is 1. The van der Waals surface area contributed by atoms with Crippen LogP contribution >= 0.6 is 15.9 Å². The second kappa shape index (κ2) is 3.30. The molecule has 2 aromatic rings. The predicted octanol–water partition coefficient (Wildman–Crippen LogP) is 2.40. The summed E-state index contributed by atoms with van der Waals surface area (Å²) < 4.78 is 5.99. The van der Waals surface area contributed by atoms with Crippen molar-refractivity contribution in [1.82, 2.24) is 9.97 Å². The fourth-order valence-corrected chi connectivity index (χ4v) is 1.61. The van der Waals surface area contributed by atoms with E-state index in [1.807, 2.05) is 12.1 Å². The Morgan fingerprint density at radius 3 is 3.08 bits per heavy atom. The van der Waals surface area contributed by atoms with Gasteiger partial charge in [0.05, 0.1) is 12.6 Å². The first-order valence-electron chi connectivity index (χ1n) is 3.75. The Morgan fingerprint density at radius 1 is 1.46 bits per heavy atom. The van der Waals surface area contributed by atoms with E-state index in [2.05, 4.69) is 25.9 Å². The molecule has 2 heterocycles. The number of fused-ring (bicyclic) bond motifs is 1. The topological polar surface area (TPSA) is 35.0 Å². The summed E-state index contributed by atoms with van der Waals surface area (Å²) >= 11 is 3.43. The van der Waals surface area contributed by atoms with Crippen LogP contribution in [-0.2, 0) is 0 Å². The zero-order valence-electron chi connectivity index (χ0n) is 6.99. The van der Waals surface area contributed by atoms with Crippen molar-refractivity contribution in [3.63, 3.8) is 0 Å². The lowest BCUT2D eigenvalue weighted by Crippen LogP contribution is -1.89. The van der Waals surface area contributed by atoms with E-state index in [-0.39, 0.29) is 0 Å². The van der Waals surface area contributed by atoms with Crippen LogP contribution in [0.25, 0.3) is 10.9 Å². The Kier molecular flexibility index (Phi) is 2.14. The lowest BCUT2D eigenvalue weighted by atomic mass is 10.3. The molecule has 0 radical (unpaired) electrons. The molecule has 0 unspecified atom stereocenters. The van der Waals surface area contributed by atoms with Crippen LogP contribution in [0.1, 0.15) is 0 Å². The summed E-state index contributed by atoms with van der Waals surface area (Å²) in [5.41, 5.74) is 0.876. The average Bonchev–Trinajstić information content (AvgIpc) is 2.18. The molecule has 0 aliphatic rings. The molecule has 0 aliphatic carbocycles. The Balaban J connectivity index is 2.77. The SMILES string of the molecule is COc1cc(Br)c2cnccc2n1. The highest BCUT2D eigenvalue weighted by Gasteiger charge is 2.02. The van der Waals surface area contributed by atoms with Gasteiger partial charge in [-0.15, -0.1) is 0 Å². The van der Waals surface area contributed by atoms with E-state index >= 15 is 0 Å². The first-order valence-corrected chi connectivity index (χ1v) is 4.55. The maximum atomic E-state index is 5.04. The van der Waals surface area contributed by atoms with Crippen LogP contribution in [0.4, 0.5) is 0 Å². The standard InChI is InChI=1S/C9H7BrN2O/c1-13-9-4-7(10)6-5-11-3-2-8(6)12-9/h2-5H,1H3. The van der Waals surface area contributed by atoms with Gasteiger partial charge in [0.15, 0.2) is 0 Å². The number of pyridine rings is 2. The van der Waals surface area contributed by atoms with Gasteiger partial charge in [0.2, 0.25) is 5.88 Å². The van der Waals surface area contributed by atoms with E-state index in [0.717, 1.165) is 15.4 Å². The molecule has 0 aliphatic heterocycles. The maximum absolute atomic E-state index is 5.04. The van der Waals surface area contributed by atoms with Crippen molar-refractivity contribution in [2.75, 3.05) is 7.11 Å². The van der Waals surface area contributed by atoms with Crippen molar-refractivity contribution in [3.05, 3.63) is 29.0 Å². The predicted molar refractivity (Wildman–Crippen MR) is 53.8 cm³/mol. The van der Waals surface area contributed by atoms with Crippen LogP contribution in [0.15, 0.2) is 29.0 Å². The number of methoxy groups -OCH3 is 1. The molecule has 0 saturated heterocycles. The van der Waals surface area contributed by atoms with E-state index in [1.165, 1.54) is 0 Å². The number of hydrogen-bond acceptors (Lipinski definition) is 3. The largest absolute Gasteiger partial charge is 0.481 e. The third-order valence-electron chi connectivity index (χ3n) is 1.75. The molecule has 0 spiro atoms. The molecule has 13 heavy (non-hydrogen) atoms. The first-order chi connectivity index (χ1) is 6.31. The van der Waals surface area contributed by atoms with Crippen LogP contribution in [0.5, 0.6) is 5.88 Å². The molecule has 0 aromatic carbocycles. The van der Waals surface area contributed by atoms with E-state index in [1.54, 1.807) is 19.5 Å². The smallest absolute Gasteiger partial charge is 0.214 e. The number of hydrogen-bond donors (Lipinski definition) is 0. The molecule has 0 N–H and O–H groups in total. The van der Waals surface area contributed by atoms with Crippen LogP contribution in [0.3, 0.4) is 0 Å². The summed E-state index contributed by atoms with van der Waals surface area (Å²) in [4.78, 5) is 8.28. The van der Waals surface area contributed by atoms with Gasteiger partial charge >= 0.3 is 0 Å². The minimum Gasteiger partial charge on any atom is -0.481 e. The zero-order valence-corrected chi connectivity index (χ0v) is 8.58. The normalized spacial score (nSPS) is 10.3. The number of nitrogens with zero attached hydrogens (tertiary/aromatic N) is 2. The summed E-state index contributed by atoms with van der Waals surface area (Å²) in [6.07, 6.45) is 3.48. The highest BCUT2D eigenvalue weighted by atomic mass is 79.9. The summed E-state index contributed by atoms with van der Waals surface area (Å²) in [5.74, 6) is 0.602. The Bertz CT molecular complexity index is 445. The van der Waals surface area contributed by atoms with Gasteiger partial charge in [-0.3, -0.25) is 4.98 Å². The molecule has 2 aromatic heterocycles. The van der Waals surface area contributed by atoms with Gasteiger partial charge in [0.25, 0.3) is 0 Å². The van der Waals surface area contributed by atoms with Gasteiger partial charge in [-0.05, 0) is 22.0 Å². The van der Waals surface area contributed by atoms with Gasteiger partial charge in [0, 0.05) is 28.3 Å². The van der Waals surface area contributed by atoms with Crippen LogP contribution in [0.2, 0.25) is 0 Å². The van der Waals surface area contributed by atoms with Crippen molar-refractivity contribution in [3.8, 4) is 5.88 Å². The zero-order chi connectivity index (χ0) is 9.26. The molecule has 0 atom stereocenters. The third kappa shape index (κ3) is 1.49. The van der Waals surface area contributed by atoms with E-state index in [4.69, 9.17) is 4.74 Å². The molecular formula is C9H7BrN2O. The molecule has 0 fully saturated rings. The van der Waals surface area contributed by atoms with Crippen molar-refractivity contribution >= 4 is 26.8 Å². The summed E-state index contributed by atoms with van der Waals surface area (Å²) in [5, 5.41) is 0.989. The average molecular weight is 239 g/mol. The summed E-state index contributed by atoms with van der Waals surface area (Å²) in [7, 11) is 1.60. The Hall–Kier alpha value is -1.16. The number of rotatable bonds is 1. The molecule has 0 saturated carbocycles. The second-order valence-electron chi connectivity index (χ2n) is 2.54. The lowest BCUT2D eigenvalue weighted by molar-refractivity contribution is 0.399. The molecule has 3 nitrogen and oxygen atoms in total. The molecular weight excluding hydrogens is 232 g/mol. The summed E-state index contributed by atoms with van der Waals surface area (Å²) in [6, 6.07) is 3.67. The van der Waals surface area contributed by atoms with Crippen molar-refractivity contribution in [1.29, 1.82) is 0 Å². The first kappa shape index (κ1) is 8.44. The quantitative estimate of drug-likeness (QED) is 0.766. The molecule has 4 heteroatoms. The van der Waals surface area contributed by atoms with Gasteiger partial charge in [-0.25, -0.2) is 4.98 Å². The highest BCUT2D eigenvalue weighted by molar-refractivity contribution is 9.10. The highest BCUT2D eigenvalue weighted by Crippen LogP contribution is 2.25. The number of halogens is 1.